The molecule has 1 aromatic rings. The quantitative estimate of drug-likeness (QED) is 0.651. The second-order valence-corrected chi connectivity index (χ2v) is 4.17. The van der Waals surface area contributed by atoms with E-state index in [9.17, 15) is 15.0 Å². The summed E-state index contributed by atoms with van der Waals surface area (Å²) in [5.74, 6) is -0.472. The summed E-state index contributed by atoms with van der Waals surface area (Å²) >= 11 is 1.14. The van der Waals surface area contributed by atoms with Gasteiger partial charge in [0.1, 0.15) is 11.0 Å². The lowest BCUT2D eigenvalue weighted by Crippen LogP contribution is -2.19. The normalized spacial score (nSPS) is 14.5. The Morgan fingerprint density at radius 2 is 2.25 bits per heavy atom. The van der Waals surface area contributed by atoms with Crippen LogP contribution in [-0.2, 0) is 4.74 Å². The lowest BCUT2D eigenvalue weighted by molar-refractivity contribution is 0.00439. The maximum Gasteiger partial charge on any atom is 0.348 e. The molecule has 2 atom stereocenters. The fraction of sp³-hybridized carbons (Fsp3) is 0.500. The number of aliphatic hydroxyl groups is 3. The molecule has 6 heteroatoms. The molecule has 0 spiro atoms. The van der Waals surface area contributed by atoms with E-state index in [0.29, 0.717) is 10.4 Å². The first-order chi connectivity index (χ1) is 7.60. The lowest BCUT2D eigenvalue weighted by atomic mass is 10.1. The zero-order chi connectivity index (χ0) is 12.1. The standard InChI is InChI=1S/C10H14O5S/c1-15-10(14)8-4-6(5-16-8)9(13)7(12)2-3-11/h4-5,7,9,11-13H,2-3H2,1H3. The molecule has 16 heavy (non-hydrogen) atoms. The molecule has 0 fully saturated rings. The fourth-order valence-electron chi connectivity index (χ4n) is 1.23. The summed E-state index contributed by atoms with van der Waals surface area (Å²) in [6.07, 6.45) is -2.04. The van der Waals surface area contributed by atoms with Gasteiger partial charge in [-0.2, -0.15) is 0 Å². The Bertz CT molecular complexity index is 349. The Morgan fingerprint density at radius 1 is 1.56 bits per heavy atom. The number of ether oxygens (including phenoxy) is 1. The van der Waals surface area contributed by atoms with Gasteiger partial charge in [-0.05, 0) is 23.4 Å². The van der Waals surface area contributed by atoms with Gasteiger partial charge in [0.05, 0.1) is 13.2 Å². The fourth-order valence-corrected chi connectivity index (χ4v) is 2.08. The number of hydrogen-bond donors (Lipinski definition) is 3. The Labute approximate surface area is 96.9 Å². The predicted molar refractivity (Wildman–Crippen MR) is 58.3 cm³/mol. The van der Waals surface area contributed by atoms with E-state index < -0.39 is 18.2 Å². The maximum absolute atomic E-state index is 11.1. The van der Waals surface area contributed by atoms with Gasteiger partial charge in [-0.3, -0.25) is 0 Å². The van der Waals surface area contributed by atoms with Crippen molar-refractivity contribution >= 4 is 17.3 Å². The smallest absolute Gasteiger partial charge is 0.348 e. The van der Waals surface area contributed by atoms with E-state index in [1.807, 2.05) is 0 Å². The van der Waals surface area contributed by atoms with Crippen LogP contribution in [0.15, 0.2) is 11.4 Å². The molecular weight excluding hydrogens is 232 g/mol. The van der Waals surface area contributed by atoms with Gasteiger partial charge < -0.3 is 20.1 Å². The molecule has 1 rings (SSSR count). The summed E-state index contributed by atoms with van der Waals surface area (Å²) in [7, 11) is 1.28. The number of esters is 1. The second-order valence-electron chi connectivity index (χ2n) is 3.26. The number of thiophene rings is 1. The molecule has 2 unspecified atom stereocenters. The minimum absolute atomic E-state index is 0.0879. The van der Waals surface area contributed by atoms with Gasteiger partial charge in [0, 0.05) is 6.61 Å². The van der Waals surface area contributed by atoms with E-state index in [1.165, 1.54) is 13.2 Å². The molecule has 90 valence electrons. The van der Waals surface area contributed by atoms with E-state index in [4.69, 9.17) is 5.11 Å². The van der Waals surface area contributed by atoms with Crippen LogP contribution in [0.1, 0.15) is 27.8 Å². The summed E-state index contributed by atoms with van der Waals surface area (Å²) in [5, 5.41) is 29.3. The highest BCUT2D eigenvalue weighted by molar-refractivity contribution is 7.12. The van der Waals surface area contributed by atoms with E-state index in [0.717, 1.165) is 11.3 Å². The van der Waals surface area contributed by atoms with Crippen LogP contribution in [0, 0.1) is 0 Å². The number of carbonyl (C=O) groups is 1. The summed E-state index contributed by atoms with van der Waals surface area (Å²) < 4.78 is 4.52. The molecular formula is C10H14O5S. The number of rotatable bonds is 5. The first-order valence-corrected chi connectivity index (χ1v) is 5.61. The Kier molecular flexibility index (Phi) is 4.88. The zero-order valence-corrected chi connectivity index (χ0v) is 9.61. The monoisotopic (exact) mass is 246 g/mol. The summed E-state index contributed by atoms with van der Waals surface area (Å²) in [6.45, 7) is -0.202. The van der Waals surface area contributed by atoms with E-state index in [2.05, 4.69) is 4.74 Å². The van der Waals surface area contributed by atoms with Crippen LogP contribution in [0.3, 0.4) is 0 Å². The number of carbonyl (C=O) groups excluding carboxylic acids is 1. The van der Waals surface area contributed by atoms with E-state index in [1.54, 1.807) is 5.38 Å². The van der Waals surface area contributed by atoms with Crippen molar-refractivity contribution in [1.29, 1.82) is 0 Å². The third-order valence-electron chi connectivity index (χ3n) is 2.14. The average molecular weight is 246 g/mol. The Balaban J connectivity index is 2.73. The first-order valence-electron chi connectivity index (χ1n) is 4.74. The van der Waals surface area contributed by atoms with Crippen molar-refractivity contribution in [2.75, 3.05) is 13.7 Å². The number of hydrogen-bond acceptors (Lipinski definition) is 6. The molecule has 0 bridgehead atoms. The highest BCUT2D eigenvalue weighted by Crippen LogP contribution is 2.24. The molecule has 1 aromatic heterocycles. The van der Waals surface area contributed by atoms with E-state index >= 15 is 0 Å². The topological polar surface area (TPSA) is 87.0 Å². The predicted octanol–water partition coefficient (Wildman–Crippen LogP) is 0.311. The van der Waals surface area contributed by atoms with Crippen LogP contribution in [0.25, 0.3) is 0 Å². The minimum Gasteiger partial charge on any atom is -0.465 e. The molecule has 3 N–H and O–H groups in total. The molecule has 0 aliphatic heterocycles. The molecule has 0 amide bonds. The van der Waals surface area contributed by atoms with Gasteiger partial charge in [0.25, 0.3) is 0 Å². The maximum atomic E-state index is 11.1. The summed E-state index contributed by atoms with van der Waals surface area (Å²) in [5.41, 5.74) is 0.450. The van der Waals surface area contributed by atoms with E-state index in [-0.39, 0.29) is 13.0 Å². The molecule has 0 saturated heterocycles. The Hall–Kier alpha value is -0.950. The molecule has 0 aromatic carbocycles. The molecule has 5 nitrogen and oxygen atoms in total. The average Bonchev–Trinajstić information content (AvgIpc) is 2.76. The lowest BCUT2D eigenvalue weighted by Gasteiger charge is -2.15. The molecule has 0 aliphatic rings. The molecule has 1 heterocycles. The molecule has 0 aliphatic carbocycles. The van der Waals surface area contributed by atoms with Gasteiger partial charge in [-0.1, -0.05) is 0 Å². The first kappa shape index (κ1) is 13.1. The van der Waals surface area contributed by atoms with Gasteiger partial charge in [0.15, 0.2) is 0 Å². The van der Waals surface area contributed by atoms with Crippen LogP contribution in [0.2, 0.25) is 0 Å². The van der Waals surface area contributed by atoms with Crippen LogP contribution < -0.4 is 0 Å². The molecule has 0 saturated carbocycles. The van der Waals surface area contributed by atoms with Crippen LogP contribution in [0.4, 0.5) is 0 Å². The van der Waals surface area contributed by atoms with Crippen LogP contribution >= 0.6 is 11.3 Å². The minimum atomic E-state index is -1.10. The van der Waals surface area contributed by atoms with Crippen LogP contribution in [0.5, 0.6) is 0 Å². The van der Waals surface area contributed by atoms with Crippen molar-refractivity contribution in [3.63, 3.8) is 0 Å². The SMILES string of the molecule is COC(=O)c1cc(C(O)C(O)CCO)cs1. The second kappa shape index (κ2) is 5.95. The Morgan fingerprint density at radius 3 is 2.81 bits per heavy atom. The highest BCUT2D eigenvalue weighted by Gasteiger charge is 2.20. The summed E-state index contributed by atoms with van der Waals surface area (Å²) in [4.78, 5) is 11.5. The number of aliphatic hydroxyl groups excluding tert-OH is 3. The largest absolute Gasteiger partial charge is 0.465 e. The van der Waals surface area contributed by atoms with Crippen molar-refractivity contribution in [2.45, 2.75) is 18.6 Å². The van der Waals surface area contributed by atoms with Crippen molar-refractivity contribution in [2.24, 2.45) is 0 Å². The van der Waals surface area contributed by atoms with Crippen molar-refractivity contribution in [1.82, 2.24) is 0 Å². The number of methoxy groups -OCH3 is 1. The molecule has 0 radical (unpaired) electrons. The van der Waals surface area contributed by atoms with Gasteiger partial charge in [-0.25, -0.2) is 4.79 Å². The van der Waals surface area contributed by atoms with Gasteiger partial charge >= 0.3 is 5.97 Å². The van der Waals surface area contributed by atoms with Gasteiger partial charge in [-0.15, -0.1) is 11.3 Å². The zero-order valence-electron chi connectivity index (χ0n) is 8.79. The third kappa shape index (κ3) is 3.02. The van der Waals surface area contributed by atoms with Crippen molar-refractivity contribution in [3.8, 4) is 0 Å². The highest BCUT2D eigenvalue weighted by atomic mass is 32.1. The third-order valence-corrected chi connectivity index (χ3v) is 3.07. The van der Waals surface area contributed by atoms with Crippen molar-refractivity contribution in [3.05, 3.63) is 21.9 Å². The summed E-state index contributed by atoms with van der Waals surface area (Å²) in [6, 6.07) is 1.47. The van der Waals surface area contributed by atoms with Crippen molar-refractivity contribution < 1.29 is 24.9 Å². The van der Waals surface area contributed by atoms with Gasteiger partial charge in [0.2, 0.25) is 0 Å². The van der Waals surface area contributed by atoms with Crippen LogP contribution in [-0.4, -0.2) is 41.1 Å².